The van der Waals surface area contributed by atoms with Crippen molar-refractivity contribution in [3.8, 4) is 0 Å². The summed E-state index contributed by atoms with van der Waals surface area (Å²) in [6.45, 7) is 7.94. The maximum atomic E-state index is 14.3. The Kier molecular flexibility index (Phi) is 7.22. The van der Waals surface area contributed by atoms with Crippen molar-refractivity contribution in [2.24, 2.45) is 0 Å². The molecule has 1 aliphatic rings. The number of hydrogen-bond donors (Lipinski definition) is 2. The van der Waals surface area contributed by atoms with Crippen molar-refractivity contribution >= 4 is 34.7 Å². The second kappa shape index (κ2) is 10.1. The van der Waals surface area contributed by atoms with E-state index in [-0.39, 0.29) is 22.9 Å². The summed E-state index contributed by atoms with van der Waals surface area (Å²) in [6, 6.07) is 7.33. The summed E-state index contributed by atoms with van der Waals surface area (Å²) in [7, 11) is 0. The van der Waals surface area contributed by atoms with Gasteiger partial charge in [-0.1, -0.05) is 24.3 Å². The van der Waals surface area contributed by atoms with Gasteiger partial charge in [-0.2, -0.15) is 0 Å². The maximum absolute atomic E-state index is 14.3. The van der Waals surface area contributed by atoms with Crippen LogP contribution in [0.25, 0.3) is 5.57 Å². The molecule has 0 spiro atoms. The number of nitrogens with one attached hydrogen (secondary N) is 2. The molecule has 0 atom stereocenters. The predicted octanol–water partition coefficient (Wildman–Crippen LogP) is 4.89. The minimum Gasteiger partial charge on any atom is -0.352 e. The number of nitrogens with zero attached hydrogens (tertiary/aromatic N) is 2. The molecule has 2 N–H and O–H groups in total. The Morgan fingerprint density at radius 3 is 2.69 bits per heavy atom. The van der Waals surface area contributed by atoms with Crippen LogP contribution in [0.1, 0.15) is 29.8 Å². The topological polar surface area (TPSA) is 74.3 Å². The van der Waals surface area contributed by atoms with Crippen molar-refractivity contribution in [3.63, 3.8) is 0 Å². The van der Waals surface area contributed by atoms with E-state index in [1.165, 1.54) is 12.1 Å². The van der Waals surface area contributed by atoms with Crippen LogP contribution in [0.5, 0.6) is 0 Å². The molecule has 164 valence electrons. The van der Waals surface area contributed by atoms with Crippen LogP contribution in [0.4, 0.5) is 10.1 Å². The summed E-state index contributed by atoms with van der Waals surface area (Å²) >= 11 is 5.84. The third kappa shape index (κ3) is 5.12. The Labute approximate surface area is 190 Å². The average molecular weight is 453 g/mol. The van der Waals surface area contributed by atoms with Crippen LogP contribution in [0.15, 0.2) is 78.9 Å². The van der Waals surface area contributed by atoms with E-state index in [4.69, 9.17) is 11.6 Å². The van der Waals surface area contributed by atoms with Crippen LogP contribution in [0, 0.1) is 5.82 Å². The summed E-state index contributed by atoms with van der Waals surface area (Å²) in [5.74, 6) is -1.54. The first-order valence-corrected chi connectivity index (χ1v) is 10.3. The summed E-state index contributed by atoms with van der Waals surface area (Å²) in [5.41, 5.74) is 2.65. The Bertz CT molecular complexity index is 1150. The van der Waals surface area contributed by atoms with Crippen molar-refractivity contribution < 1.29 is 14.0 Å². The lowest BCUT2D eigenvalue weighted by Crippen LogP contribution is -2.28. The second-order valence-corrected chi connectivity index (χ2v) is 7.22. The van der Waals surface area contributed by atoms with Gasteiger partial charge < -0.3 is 15.5 Å². The summed E-state index contributed by atoms with van der Waals surface area (Å²) in [6.07, 6.45) is 8.56. The SMILES string of the molecule is C=C1C=C(c2ccc(Cl)nc2)C=CN1C(=CC)C(=O)Nc1cc(C(=O)NCC)ccc1F. The molecule has 2 amide bonds. The third-order valence-electron chi connectivity index (χ3n) is 4.68. The normalized spacial score (nSPS) is 13.6. The standard InChI is InChI=1S/C24H22ClFN4O2/c1-4-21(24(32)29-20-13-17(6-8-19(20)26)23(31)27-5-2)30-11-10-16(12-15(30)3)18-7-9-22(25)28-14-18/h4,6-14H,3,5H2,1-2H3,(H,27,31)(H,29,32). The molecule has 0 bridgehead atoms. The number of hydrogen-bond acceptors (Lipinski definition) is 4. The Balaban J connectivity index is 1.78. The Hall–Kier alpha value is -3.71. The number of aromatic nitrogens is 1. The number of allylic oxidation sites excluding steroid dienone is 4. The molecule has 1 aliphatic heterocycles. The third-order valence-corrected chi connectivity index (χ3v) is 4.90. The molecular formula is C24H22ClFN4O2. The highest BCUT2D eigenvalue weighted by Gasteiger charge is 2.21. The molecule has 2 aromatic rings. The van der Waals surface area contributed by atoms with Crippen LogP contribution in [0.3, 0.4) is 0 Å². The monoisotopic (exact) mass is 452 g/mol. The van der Waals surface area contributed by atoms with Gasteiger partial charge in [-0.05, 0) is 61.9 Å². The quantitative estimate of drug-likeness (QED) is 0.483. The molecule has 0 saturated heterocycles. The second-order valence-electron chi connectivity index (χ2n) is 6.83. The maximum Gasteiger partial charge on any atom is 0.272 e. The molecule has 0 fully saturated rings. The van der Waals surface area contributed by atoms with Gasteiger partial charge in [0, 0.05) is 35.8 Å². The molecular weight excluding hydrogens is 431 g/mol. The summed E-state index contributed by atoms with van der Waals surface area (Å²) in [5, 5.41) is 5.58. The van der Waals surface area contributed by atoms with Gasteiger partial charge >= 0.3 is 0 Å². The number of benzene rings is 1. The molecule has 6 nitrogen and oxygen atoms in total. The van der Waals surface area contributed by atoms with Crippen molar-refractivity contribution in [3.05, 3.63) is 101 Å². The first-order chi connectivity index (χ1) is 15.3. The van der Waals surface area contributed by atoms with E-state index in [0.717, 1.165) is 17.2 Å². The molecule has 0 radical (unpaired) electrons. The van der Waals surface area contributed by atoms with Crippen LogP contribution in [-0.2, 0) is 4.79 Å². The van der Waals surface area contributed by atoms with Crippen LogP contribution in [0.2, 0.25) is 5.15 Å². The number of rotatable bonds is 6. The number of anilines is 1. The summed E-state index contributed by atoms with van der Waals surface area (Å²) < 4.78 is 14.3. The fourth-order valence-corrected chi connectivity index (χ4v) is 3.21. The van der Waals surface area contributed by atoms with Gasteiger partial charge in [0.15, 0.2) is 0 Å². The minimum atomic E-state index is -0.646. The highest BCUT2D eigenvalue weighted by Crippen LogP contribution is 2.28. The Morgan fingerprint density at radius 2 is 2.06 bits per heavy atom. The van der Waals surface area contributed by atoms with Crippen LogP contribution >= 0.6 is 11.6 Å². The van der Waals surface area contributed by atoms with Gasteiger partial charge in [-0.15, -0.1) is 0 Å². The smallest absolute Gasteiger partial charge is 0.272 e. The van der Waals surface area contributed by atoms with Crippen molar-refractivity contribution in [1.29, 1.82) is 0 Å². The van der Waals surface area contributed by atoms with E-state index in [9.17, 15) is 14.0 Å². The molecule has 2 heterocycles. The molecule has 32 heavy (non-hydrogen) atoms. The number of amides is 2. The number of halogens is 2. The van der Waals surface area contributed by atoms with Gasteiger partial charge in [-0.25, -0.2) is 9.37 Å². The lowest BCUT2D eigenvalue weighted by molar-refractivity contribution is -0.113. The fourth-order valence-electron chi connectivity index (χ4n) is 3.10. The van der Waals surface area contributed by atoms with E-state index in [2.05, 4.69) is 22.2 Å². The zero-order valence-corrected chi connectivity index (χ0v) is 18.4. The molecule has 1 aromatic heterocycles. The van der Waals surface area contributed by atoms with Gasteiger partial charge in [0.05, 0.1) is 5.69 Å². The molecule has 1 aromatic carbocycles. The zero-order chi connectivity index (χ0) is 23.3. The van der Waals surface area contributed by atoms with E-state index in [1.54, 1.807) is 49.4 Å². The Morgan fingerprint density at radius 1 is 1.28 bits per heavy atom. The minimum absolute atomic E-state index is 0.0897. The molecule has 3 rings (SSSR count). The fraction of sp³-hybridized carbons (Fsp3) is 0.125. The van der Waals surface area contributed by atoms with Crippen LogP contribution in [-0.4, -0.2) is 28.2 Å². The summed E-state index contributed by atoms with van der Waals surface area (Å²) in [4.78, 5) is 30.6. The van der Waals surface area contributed by atoms with Crippen LogP contribution < -0.4 is 10.6 Å². The number of carbonyl (C=O) groups is 2. The van der Waals surface area contributed by atoms with E-state index < -0.39 is 11.7 Å². The molecule has 0 aliphatic carbocycles. The predicted molar refractivity (Wildman–Crippen MR) is 124 cm³/mol. The number of carbonyl (C=O) groups excluding carboxylic acids is 2. The average Bonchev–Trinajstić information content (AvgIpc) is 2.77. The largest absolute Gasteiger partial charge is 0.352 e. The molecule has 0 unspecified atom stereocenters. The van der Waals surface area contributed by atoms with Crippen molar-refractivity contribution in [2.75, 3.05) is 11.9 Å². The molecule has 8 heteroatoms. The lowest BCUT2D eigenvalue weighted by atomic mass is 10.0. The van der Waals surface area contributed by atoms with E-state index in [0.29, 0.717) is 17.4 Å². The van der Waals surface area contributed by atoms with Crippen molar-refractivity contribution in [1.82, 2.24) is 15.2 Å². The van der Waals surface area contributed by atoms with Gasteiger partial charge in [0.1, 0.15) is 16.7 Å². The lowest BCUT2D eigenvalue weighted by Gasteiger charge is -2.26. The highest BCUT2D eigenvalue weighted by molar-refractivity contribution is 6.29. The van der Waals surface area contributed by atoms with Gasteiger partial charge in [0.25, 0.3) is 11.8 Å². The highest BCUT2D eigenvalue weighted by atomic mass is 35.5. The van der Waals surface area contributed by atoms with E-state index in [1.807, 2.05) is 12.1 Å². The van der Waals surface area contributed by atoms with Gasteiger partial charge in [-0.3, -0.25) is 9.59 Å². The number of pyridine rings is 1. The zero-order valence-electron chi connectivity index (χ0n) is 17.7. The molecule has 0 saturated carbocycles. The van der Waals surface area contributed by atoms with Gasteiger partial charge in [0.2, 0.25) is 0 Å². The van der Waals surface area contributed by atoms with Crippen molar-refractivity contribution in [2.45, 2.75) is 13.8 Å². The van der Waals surface area contributed by atoms with E-state index >= 15 is 0 Å². The first kappa shape index (κ1) is 23.0. The first-order valence-electron chi connectivity index (χ1n) is 9.89.